The van der Waals surface area contributed by atoms with E-state index in [1.54, 1.807) is 6.07 Å². The van der Waals surface area contributed by atoms with Gasteiger partial charge >= 0.3 is 0 Å². The molecule has 0 heterocycles. The van der Waals surface area contributed by atoms with Crippen LogP contribution in [0.1, 0.15) is 0 Å². The van der Waals surface area contributed by atoms with E-state index in [2.05, 4.69) is 17.5 Å². The summed E-state index contributed by atoms with van der Waals surface area (Å²) in [6, 6.07) is 4.55. The van der Waals surface area contributed by atoms with E-state index >= 15 is 0 Å². The predicted molar refractivity (Wildman–Crippen MR) is 51.8 cm³/mol. The van der Waals surface area contributed by atoms with Gasteiger partial charge in [0.25, 0.3) is 0 Å². The average molecular weight is 205 g/mol. The van der Waals surface area contributed by atoms with Gasteiger partial charge in [-0.1, -0.05) is 17.7 Å². The summed E-state index contributed by atoms with van der Waals surface area (Å²) in [6.45, 7) is 0. The van der Waals surface area contributed by atoms with Crippen LogP contribution in [0.15, 0.2) is 18.2 Å². The first-order valence-electron chi connectivity index (χ1n) is 3.11. The molecule has 0 saturated carbocycles. The van der Waals surface area contributed by atoms with Gasteiger partial charge in [-0.05, 0) is 24.4 Å². The number of hydrogen-bond donors (Lipinski definition) is 2. The smallest absolute Gasteiger partial charge is 0.168 e. The van der Waals surface area contributed by atoms with Crippen LogP contribution in [0.2, 0.25) is 5.02 Å². The van der Waals surface area contributed by atoms with Gasteiger partial charge in [0.2, 0.25) is 0 Å². The summed E-state index contributed by atoms with van der Waals surface area (Å²) < 4.78 is 13.1. The molecule has 2 nitrogen and oxygen atoms in total. The van der Waals surface area contributed by atoms with Crippen LogP contribution >= 0.6 is 23.8 Å². The predicted octanol–water partition coefficient (Wildman–Crippen LogP) is 2.13. The molecule has 0 spiro atoms. The highest BCUT2D eigenvalue weighted by Crippen LogP contribution is 2.21. The minimum absolute atomic E-state index is 0.0103. The van der Waals surface area contributed by atoms with Gasteiger partial charge in [-0.2, -0.15) is 0 Å². The van der Waals surface area contributed by atoms with Gasteiger partial charge < -0.3 is 11.1 Å². The molecule has 0 radical (unpaired) electrons. The van der Waals surface area contributed by atoms with Gasteiger partial charge in [0.05, 0.1) is 10.7 Å². The van der Waals surface area contributed by atoms with Gasteiger partial charge in [-0.25, -0.2) is 4.39 Å². The molecule has 0 aliphatic rings. The maximum Gasteiger partial charge on any atom is 0.168 e. The fourth-order valence-corrected chi connectivity index (χ4v) is 1.02. The van der Waals surface area contributed by atoms with E-state index in [0.29, 0.717) is 0 Å². The molecular formula is C7H6ClFN2S. The van der Waals surface area contributed by atoms with Crippen molar-refractivity contribution < 1.29 is 4.39 Å². The van der Waals surface area contributed by atoms with E-state index in [9.17, 15) is 4.39 Å². The van der Waals surface area contributed by atoms with Crippen LogP contribution in [0, 0.1) is 5.82 Å². The fourth-order valence-electron chi connectivity index (χ4n) is 0.733. The average Bonchev–Trinajstić information content (AvgIpc) is 1.98. The number of nitrogens with two attached hydrogens (primary N) is 1. The summed E-state index contributed by atoms with van der Waals surface area (Å²) in [5.74, 6) is -0.549. The van der Waals surface area contributed by atoms with E-state index in [0.717, 1.165) is 0 Å². The van der Waals surface area contributed by atoms with Crippen LogP contribution in [0.3, 0.4) is 0 Å². The second-order valence-corrected chi connectivity index (χ2v) is 2.94. The molecule has 0 aliphatic carbocycles. The van der Waals surface area contributed by atoms with E-state index in [1.807, 2.05) is 0 Å². The zero-order chi connectivity index (χ0) is 9.14. The lowest BCUT2D eigenvalue weighted by Gasteiger charge is -2.04. The van der Waals surface area contributed by atoms with Crippen LogP contribution in [0.4, 0.5) is 10.1 Å². The molecule has 0 atom stereocenters. The summed E-state index contributed by atoms with van der Waals surface area (Å²) in [7, 11) is 0. The zero-order valence-corrected chi connectivity index (χ0v) is 7.55. The van der Waals surface area contributed by atoms with Crippen LogP contribution < -0.4 is 11.1 Å². The van der Waals surface area contributed by atoms with E-state index in [-0.39, 0.29) is 15.8 Å². The molecule has 0 bridgehead atoms. The highest BCUT2D eigenvalue weighted by molar-refractivity contribution is 7.80. The lowest BCUT2D eigenvalue weighted by molar-refractivity contribution is 0.632. The third-order valence-corrected chi connectivity index (χ3v) is 1.60. The van der Waals surface area contributed by atoms with Crippen LogP contribution in [-0.2, 0) is 0 Å². The van der Waals surface area contributed by atoms with Crippen LogP contribution in [0.25, 0.3) is 0 Å². The van der Waals surface area contributed by atoms with Crippen molar-refractivity contribution in [2.45, 2.75) is 0 Å². The summed E-state index contributed by atoms with van der Waals surface area (Å²) in [6.07, 6.45) is 0. The Kier molecular flexibility index (Phi) is 2.83. The Morgan fingerprint density at radius 1 is 1.58 bits per heavy atom. The molecule has 5 heteroatoms. The maximum atomic E-state index is 13.1. The van der Waals surface area contributed by atoms with Crippen molar-refractivity contribution in [2.75, 3.05) is 5.32 Å². The number of hydrogen-bond acceptors (Lipinski definition) is 1. The van der Waals surface area contributed by atoms with E-state index in [1.165, 1.54) is 12.1 Å². The molecule has 0 amide bonds. The van der Waals surface area contributed by atoms with E-state index < -0.39 is 5.82 Å². The monoisotopic (exact) mass is 204 g/mol. The molecule has 0 unspecified atom stereocenters. The van der Waals surface area contributed by atoms with Crippen molar-refractivity contribution in [3.63, 3.8) is 0 Å². The topological polar surface area (TPSA) is 38.0 Å². The Balaban J connectivity index is 3.00. The summed E-state index contributed by atoms with van der Waals surface area (Å²) in [4.78, 5) is 0. The van der Waals surface area contributed by atoms with Gasteiger partial charge in [0.15, 0.2) is 10.9 Å². The Hall–Kier alpha value is -0.870. The molecule has 1 aromatic rings. The molecule has 64 valence electrons. The lowest BCUT2D eigenvalue weighted by atomic mass is 10.3. The summed E-state index contributed by atoms with van der Waals surface area (Å²) in [5, 5.41) is 2.51. The van der Waals surface area contributed by atoms with Crippen molar-refractivity contribution in [3.05, 3.63) is 29.0 Å². The van der Waals surface area contributed by atoms with Crippen molar-refractivity contribution in [2.24, 2.45) is 5.73 Å². The minimum atomic E-state index is -0.549. The molecular weight excluding hydrogens is 199 g/mol. The normalized spacial score (nSPS) is 9.50. The molecule has 0 fully saturated rings. The minimum Gasteiger partial charge on any atom is -0.376 e. The Morgan fingerprint density at radius 2 is 2.25 bits per heavy atom. The number of rotatable bonds is 1. The van der Waals surface area contributed by atoms with Crippen molar-refractivity contribution in [1.29, 1.82) is 0 Å². The highest BCUT2D eigenvalue weighted by Gasteiger charge is 2.05. The van der Waals surface area contributed by atoms with Crippen LogP contribution in [-0.4, -0.2) is 5.11 Å². The van der Waals surface area contributed by atoms with Crippen LogP contribution in [0.5, 0.6) is 0 Å². The van der Waals surface area contributed by atoms with Gasteiger partial charge in [-0.3, -0.25) is 0 Å². The fraction of sp³-hybridized carbons (Fsp3) is 0. The van der Waals surface area contributed by atoms with Crippen molar-refractivity contribution in [3.8, 4) is 0 Å². The Bertz CT molecular complexity index is 316. The lowest BCUT2D eigenvalue weighted by Crippen LogP contribution is -2.19. The molecule has 12 heavy (non-hydrogen) atoms. The standard InChI is InChI=1S/C7H6ClFN2S/c8-4-2-1-3-5(6(4)9)11-7(10)12/h1-3H,(H3,10,11,12). The van der Waals surface area contributed by atoms with Gasteiger partial charge in [0, 0.05) is 0 Å². The SMILES string of the molecule is NC(=S)Nc1cccc(Cl)c1F. The second kappa shape index (κ2) is 3.69. The first kappa shape index (κ1) is 9.22. The first-order chi connectivity index (χ1) is 5.61. The highest BCUT2D eigenvalue weighted by atomic mass is 35.5. The number of halogens is 2. The molecule has 3 N–H and O–H groups in total. The zero-order valence-electron chi connectivity index (χ0n) is 5.97. The Labute approximate surface area is 79.5 Å². The third-order valence-electron chi connectivity index (χ3n) is 1.21. The van der Waals surface area contributed by atoms with Crippen molar-refractivity contribution in [1.82, 2.24) is 0 Å². The van der Waals surface area contributed by atoms with Crippen molar-refractivity contribution >= 4 is 34.6 Å². The Morgan fingerprint density at radius 3 is 2.83 bits per heavy atom. The summed E-state index contributed by atoms with van der Waals surface area (Å²) in [5.41, 5.74) is 5.34. The maximum absolute atomic E-state index is 13.1. The number of anilines is 1. The molecule has 0 saturated heterocycles. The molecule has 1 rings (SSSR count). The molecule has 1 aromatic carbocycles. The first-order valence-corrected chi connectivity index (χ1v) is 3.90. The van der Waals surface area contributed by atoms with Gasteiger partial charge in [-0.15, -0.1) is 0 Å². The molecule has 0 aliphatic heterocycles. The number of benzene rings is 1. The van der Waals surface area contributed by atoms with Gasteiger partial charge in [0.1, 0.15) is 0 Å². The van der Waals surface area contributed by atoms with E-state index in [4.69, 9.17) is 17.3 Å². The summed E-state index contributed by atoms with van der Waals surface area (Å²) >= 11 is 10.0. The number of thiocarbonyl (C=S) groups is 1. The second-order valence-electron chi connectivity index (χ2n) is 2.09. The number of nitrogens with one attached hydrogen (secondary N) is 1. The third kappa shape index (κ3) is 2.06. The molecule has 0 aromatic heterocycles. The largest absolute Gasteiger partial charge is 0.376 e. The quantitative estimate of drug-likeness (QED) is 0.689.